The Morgan fingerprint density at radius 3 is 1.57 bits per heavy atom. The maximum absolute atomic E-state index is 7.02. The van der Waals surface area contributed by atoms with Crippen molar-refractivity contribution in [2.45, 2.75) is 129 Å². The summed E-state index contributed by atoms with van der Waals surface area (Å²) in [6.07, 6.45) is 24.0. The van der Waals surface area contributed by atoms with E-state index in [4.69, 9.17) is 5.73 Å². The molecule has 1 atom stereocenters. The van der Waals surface area contributed by atoms with Crippen molar-refractivity contribution >= 4 is 0 Å². The summed E-state index contributed by atoms with van der Waals surface area (Å²) in [6.45, 7) is 4.65. The van der Waals surface area contributed by atoms with Crippen molar-refractivity contribution in [3.63, 3.8) is 0 Å². The molecule has 1 unspecified atom stereocenters. The van der Waals surface area contributed by atoms with Crippen LogP contribution in [0.3, 0.4) is 0 Å². The van der Waals surface area contributed by atoms with Crippen LogP contribution in [-0.4, -0.2) is 5.54 Å². The Hall–Kier alpha value is -0.560. The van der Waals surface area contributed by atoms with Gasteiger partial charge in [-0.15, -0.1) is 0 Å². The molecule has 4 aliphatic rings. The second-order valence-corrected chi connectivity index (χ2v) is 10.8. The van der Waals surface area contributed by atoms with Gasteiger partial charge in [-0.05, 0) is 92.8 Å². The van der Waals surface area contributed by atoms with Gasteiger partial charge in [-0.3, -0.25) is 0 Å². The van der Waals surface area contributed by atoms with Crippen LogP contribution in [-0.2, 0) is 0 Å². The van der Waals surface area contributed by atoms with Crippen molar-refractivity contribution in [2.75, 3.05) is 0 Å². The highest BCUT2D eigenvalue weighted by Gasteiger charge is 2.41. The summed E-state index contributed by atoms with van der Waals surface area (Å²) in [5.74, 6) is 2.54. The van der Waals surface area contributed by atoms with E-state index in [9.17, 15) is 0 Å². The highest BCUT2D eigenvalue weighted by atomic mass is 14.7. The summed E-state index contributed by atoms with van der Waals surface area (Å²) in [5.41, 5.74) is 14.2. The molecule has 0 spiro atoms. The van der Waals surface area contributed by atoms with E-state index in [1.165, 1.54) is 103 Å². The van der Waals surface area contributed by atoms with Crippen LogP contribution in [0.15, 0.2) is 22.3 Å². The van der Waals surface area contributed by atoms with Gasteiger partial charge in [0.1, 0.15) is 0 Å². The highest BCUT2D eigenvalue weighted by Crippen LogP contribution is 2.53. The summed E-state index contributed by atoms with van der Waals surface area (Å²) in [6, 6.07) is 0. The first-order valence-corrected chi connectivity index (χ1v) is 12.9. The molecule has 0 aromatic carbocycles. The molecule has 0 amide bonds. The molecule has 158 valence electrons. The van der Waals surface area contributed by atoms with Crippen molar-refractivity contribution in [3.05, 3.63) is 22.3 Å². The van der Waals surface area contributed by atoms with Crippen LogP contribution >= 0.6 is 0 Å². The first-order valence-electron chi connectivity index (χ1n) is 12.9. The van der Waals surface area contributed by atoms with Gasteiger partial charge in [0.05, 0.1) is 0 Å². The minimum atomic E-state index is -0.108. The molecule has 3 saturated carbocycles. The molecular formula is C27H45N. The zero-order valence-corrected chi connectivity index (χ0v) is 18.8. The van der Waals surface area contributed by atoms with Crippen LogP contribution < -0.4 is 5.73 Å². The molecule has 4 rings (SSSR count). The average molecular weight is 384 g/mol. The van der Waals surface area contributed by atoms with E-state index >= 15 is 0 Å². The molecule has 0 bridgehead atoms. The third-order valence-electron chi connectivity index (χ3n) is 8.88. The van der Waals surface area contributed by atoms with E-state index in [0.717, 1.165) is 24.2 Å². The molecule has 1 heteroatoms. The van der Waals surface area contributed by atoms with Crippen LogP contribution in [0.5, 0.6) is 0 Å². The lowest BCUT2D eigenvalue weighted by atomic mass is 9.71. The Morgan fingerprint density at radius 1 is 0.679 bits per heavy atom. The minimum Gasteiger partial charge on any atom is -0.322 e. The SMILES string of the molecule is CCC(C)(N)C1=C(C2CCCCC2)C(C2CCCCC2)=C(C2CCCCC2)C1. The first kappa shape index (κ1) is 20.7. The Morgan fingerprint density at radius 2 is 1.11 bits per heavy atom. The van der Waals surface area contributed by atoms with Crippen LogP contribution in [0.1, 0.15) is 123 Å². The van der Waals surface area contributed by atoms with Gasteiger partial charge in [0.15, 0.2) is 0 Å². The topological polar surface area (TPSA) is 26.0 Å². The number of hydrogen-bond donors (Lipinski definition) is 1. The molecule has 4 aliphatic carbocycles. The van der Waals surface area contributed by atoms with Crippen LogP contribution in [0, 0.1) is 17.8 Å². The van der Waals surface area contributed by atoms with Crippen molar-refractivity contribution < 1.29 is 0 Å². The lowest BCUT2D eigenvalue weighted by molar-refractivity contribution is 0.362. The van der Waals surface area contributed by atoms with E-state index in [1.807, 2.05) is 16.7 Å². The van der Waals surface area contributed by atoms with Crippen LogP contribution in [0.4, 0.5) is 0 Å². The van der Waals surface area contributed by atoms with Crippen molar-refractivity contribution in [1.29, 1.82) is 0 Å². The molecule has 0 aromatic rings. The number of allylic oxidation sites excluding steroid dienone is 3. The highest BCUT2D eigenvalue weighted by molar-refractivity contribution is 5.54. The average Bonchev–Trinajstić information content (AvgIpc) is 3.17. The molecule has 2 N–H and O–H groups in total. The largest absolute Gasteiger partial charge is 0.322 e. The van der Waals surface area contributed by atoms with E-state index in [2.05, 4.69) is 13.8 Å². The second-order valence-electron chi connectivity index (χ2n) is 10.8. The molecule has 0 radical (unpaired) electrons. The van der Waals surface area contributed by atoms with Gasteiger partial charge >= 0.3 is 0 Å². The van der Waals surface area contributed by atoms with E-state index < -0.39 is 0 Å². The molecule has 0 aliphatic heterocycles. The van der Waals surface area contributed by atoms with Crippen molar-refractivity contribution in [3.8, 4) is 0 Å². The summed E-state index contributed by atoms with van der Waals surface area (Å²) in [7, 11) is 0. The summed E-state index contributed by atoms with van der Waals surface area (Å²) in [5, 5.41) is 0. The summed E-state index contributed by atoms with van der Waals surface area (Å²) < 4.78 is 0. The Bertz CT molecular complexity index is 590. The van der Waals surface area contributed by atoms with Gasteiger partial charge in [0.2, 0.25) is 0 Å². The van der Waals surface area contributed by atoms with Gasteiger partial charge in [-0.25, -0.2) is 0 Å². The fourth-order valence-electron chi connectivity index (χ4n) is 6.99. The lowest BCUT2D eigenvalue weighted by Crippen LogP contribution is -2.38. The second kappa shape index (κ2) is 9.07. The maximum Gasteiger partial charge on any atom is 0.0346 e. The van der Waals surface area contributed by atoms with Crippen LogP contribution in [0.2, 0.25) is 0 Å². The Labute approximate surface area is 174 Å². The Balaban J connectivity index is 1.77. The van der Waals surface area contributed by atoms with Gasteiger partial charge in [0.25, 0.3) is 0 Å². The van der Waals surface area contributed by atoms with Gasteiger partial charge in [-0.1, -0.05) is 70.3 Å². The summed E-state index contributed by atoms with van der Waals surface area (Å²) in [4.78, 5) is 0. The quantitative estimate of drug-likeness (QED) is 0.514. The number of nitrogens with two attached hydrogens (primary N) is 1. The monoisotopic (exact) mass is 383 g/mol. The fourth-order valence-corrected chi connectivity index (χ4v) is 6.99. The smallest absolute Gasteiger partial charge is 0.0346 e. The first-order chi connectivity index (χ1) is 13.6. The molecule has 28 heavy (non-hydrogen) atoms. The maximum atomic E-state index is 7.02. The van der Waals surface area contributed by atoms with Gasteiger partial charge in [0, 0.05) is 5.54 Å². The van der Waals surface area contributed by atoms with E-state index in [-0.39, 0.29) is 5.54 Å². The Kier molecular flexibility index (Phi) is 6.70. The van der Waals surface area contributed by atoms with Crippen molar-refractivity contribution in [1.82, 2.24) is 0 Å². The van der Waals surface area contributed by atoms with Crippen LogP contribution in [0.25, 0.3) is 0 Å². The van der Waals surface area contributed by atoms with Crippen molar-refractivity contribution in [2.24, 2.45) is 23.5 Å². The lowest BCUT2D eigenvalue weighted by Gasteiger charge is -2.35. The molecule has 0 saturated heterocycles. The van der Waals surface area contributed by atoms with E-state index in [0.29, 0.717) is 0 Å². The van der Waals surface area contributed by atoms with E-state index in [1.54, 1.807) is 5.57 Å². The molecule has 1 nitrogen and oxygen atoms in total. The summed E-state index contributed by atoms with van der Waals surface area (Å²) >= 11 is 0. The molecule has 0 heterocycles. The molecule has 3 fully saturated rings. The predicted molar refractivity (Wildman–Crippen MR) is 121 cm³/mol. The predicted octanol–water partition coefficient (Wildman–Crippen LogP) is 7.85. The normalized spacial score (nSPS) is 28.8. The number of rotatable bonds is 5. The zero-order valence-electron chi connectivity index (χ0n) is 18.8. The standard InChI is InChI=1S/C27H45N/c1-3-27(2,28)24-19-23(20-13-7-4-8-14-20)25(21-15-9-5-10-16-21)26(24)22-17-11-6-12-18-22/h20-22H,3-19,28H2,1-2H3. The fraction of sp³-hybridized carbons (Fsp3) is 0.852. The third-order valence-corrected chi connectivity index (χ3v) is 8.88. The third kappa shape index (κ3) is 4.16. The van der Waals surface area contributed by atoms with Gasteiger partial charge in [-0.2, -0.15) is 0 Å². The molecule has 0 aromatic heterocycles. The number of hydrogen-bond acceptors (Lipinski definition) is 1. The minimum absolute atomic E-state index is 0.108. The van der Waals surface area contributed by atoms with Gasteiger partial charge < -0.3 is 5.73 Å². The molecular weight excluding hydrogens is 338 g/mol. The zero-order chi connectivity index (χ0) is 19.6.